The van der Waals surface area contributed by atoms with Crippen LogP contribution in [-0.2, 0) is 11.3 Å². The molecule has 5 nitrogen and oxygen atoms in total. The van der Waals surface area contributed by atoms with Gasteiger partial charge in [-0.3, -0.25) is 4.79 Å². The largest absolute Gasteiger partial charge is 0.388 e. The molecule has 1 unspecified atom stereocenters. The SMILES string of the molecule is CC(C)C1CCC(=O)N(Cc2nnsc2N)CC1. The Morgan fingerprint density at radius 1 is 1.50 bits per heavy atom. The summed E-state index contributed by atoms with van der Waals surface area (Å²) < 4.78 is 3.81. The maximum absolute atomic E-state index is 12.1. The number of hydrogen-bond donors (Lipinski definition) is 1. The summed E-state index contributed by atoms with van der Waals surface area (Å²) in [7, 11) is 0. The first-order valence-electron chi connectivity index (χ1n) is 6.42. The number of aromatic nitrogens is 2. The lowest BCUT2D eigenvalue weighted by Crippen LogP contribution is -2.30. The Morgan fingerprint density at radius 3 is 2.89 bits per heavy atom. The minimum atomic E-state index is 0.213. The Labute approximate surface area is 112 Å². The highest BCUT2D eigenvalue weighted by molar-refractivity contribution is 7.09. The van der Waals surface area contributed by atoms with E-state index < -0.39 is 0 Å². The molecule has 2 heterocycles. The number of nitrogen functional groups attached to an aromatic ring is 1. The normalized spacial score (nSPS) is 21.4. The Balaban J connectivity index is 2.00. The molecule has 6 heteroatoms. The van der Waals surface area contributed by atoms with Crippen molar-refractivity contribution in [2.75, 3.05) is 12.3 Å². The highest BCUT2D eigenvalue weighted by Crippen LogP contribution is 2.26. The van der Waals surface area contributed by atoms with Crippen LogP contribution in [0, 0.1) is 11.8 Å². The maximum atomic E-state index is 12.1. The summed E-state index contributed by atoms with van der Waals surface area (Å²) in [5.41, 5.74) is 6.51. The zero-order chi connectivity index (χ0) is 13.1. The van der Waals surface area contributed by atoms with Crippen molar-refractivity contribution in [2.24, 2.45) is 11.8 Å². The predicted molar refractivity (Wildman–Crippen MR) is 71.9 cm³/mol. The van der Waals surface area contributed by atoms with Gasteiger partial charge in [-0.1, -0.05) is 18.3 Å². The van der Waals surface area contributed by atoms with Gasteiger partial charge in [0.15, 0.2) is 0 Å². The van der Waals surface area contributed by atoms with Crippen LogP contribution in [-0.4, -0.2) is 26.9 Å². The van der Waals surface area contributed by atoms with E-state index in [1.807, 2.05) is 4.90 Å². The van der Waals surface area contributed by atoms with E-state index in [1.165, 1.54) is 11.5 Å². The van der Waals surface area contributed by atoms with Gasteiger partial charge in [0.2, 0.25) is 5.91 Å². The number of carbonyl (C=O) groups is 1. The minimum Gasteiger partial charge on any atom is -0.388 e. The molecule has 1 fully saturated rings. The second-order valence-corrected chi connectivity index (χ2v) is 6.02. The summed E-state index contributed by atoms with van der Waals surface area (Å²) >= 11 is 1.18. The van der Waals surface area contributed by atoms with Crippen LogP contribution in [0.25, 0.3) is 0 Å². The molecule has 18 heavy (non-hydrogen) atoms. The summed E-state index contributed by atoms with van der Waals surface area (Å²) in [4.78, 5) is 13.9. The van der Waals surface area contributed by atoms with Crippen molar-refractivity contribution in [3.05, 3.63) is 5.69 Å². The Hall–Kier alpha value is -1.17. The van der Waals surface area contributed by atoms with E-state index in [9.17, 15) is 4.79 Å². The van der Waals surface area contributed by atoms with Gasteiger partial charge in [-0.15, -0.1) is 5.10 Å². The van der Waals surface area contributed by atoms with Crippen LogP contribution in [0.4, 0.5) is 5.00 Å². The van der Waals surface area contributed by atoms with Gasteiger partial charge >= 0.3 is 0 Å². The molecule has 0 aliphatic carbocycles. The number of nitrogens with two attached hydrogens (primary N) is 1. The number of likely N-dealkylation sites (tertiary alicyclic amines) is 1. The first kappa shape index (κ1) is 13.3. The lowest BCUT2D eigenvalue weighted by molar-refractivity contribution is -0.131. The van der Waals surface area contributed by atoms with Gasteiger partial charge in [-0.05, 0) is 24.7 Å². The molecule has 1 atom stereocenters. The highest BCUT2D eigenvalue weighted by atomic mass is 32.1. The molecule has 0 bridgehead atoms. The first-order valence-corrected chi connectivity index (χ1v) is 7.19. The van der Waals surface area contributed by atoms with Gasteiger partial charge in [0.25, 0.3) is 0 Å². The van der Waals surface area contributed by atoms with Crippen LogP contribution in [0.5, 0.6) is 0 Å². The Bertz CT molecular complexity index is 418. The summed E-state index contributed by atoms with van der Waals surface area (Å²) in [5, 5.41) is 4.60. The van der Waals surface area contributed by atoms with E-state index in [4.69, 9.17) is 5.73 Å². The summed E-state index contributed by atoms with van der Waals surface area (Å²) in [6.45, 7) is 5.77. The number of amides is 1. The van der Waals surface area contributed by atoms with Crippen LogP contribution in [0.3, 0.4) is 0 Å². The first-order chi connectivity index (χ1) is 8.58. The van der Waals surface area contributed by atoms with E-state index in [0.29, 0.717) is 29.8 Å². The predicted octanol–water partition coefficient (Wildman–Crippen LogP) is 1.91. The molecule has 1 aromatic rings. The van der Waals surface area contributed by atoms with Crippen molar-refractivity contribution >= 4 is 22.4 Å². The van der Waals surface area contributed by atoms with Crippen molar-refractivity contribution in [1.82, 2.24) is 14.5 Å². The molecular formula is C12H20N4OS. The quantitative estimate of drug-likeness (QED) is 0.909. The van der Waals surface area contributed by atoms with Gasteiger partial charge < -0.3 is 10.6 Å². The van der Waals surface area contributed by atoms with Crippen molar-refractivity contribution in [1.29, 1.82) is 0 Å². The van der Waals surface area contributed by atoms with E-state index in [0.717, 1.165) is 25.1 Å². The average molecular weight is 268 g/mol. The van der Waals surface area contributed by atoms with Crippen LogP contribution < -0.4 is 5.73 Å². The minimum absolute atomic E-state index is 0.213. The third-order valence-corrected chi connectivity index (χ3v) is 4.32. The third kappa shape index (κ3) is 2.98. The van der Waals surface area contributed by atoms with Gasteiger partial charge in [0.05, 0.1) is 6.54 Å². The number of rotatable bonds is 3. The molecule has 1 aliphatic heterocycles. The second kappa shape index (κ2) is 5.65. The van der Waals surface area contributed by atoms with E-state index >= 15 is 0 Å². The van der Waals surface area contributed by atoms with E-state index in [-0.39, 0.29) is 5.91 Å². The topological polar surface area (TPSA) is 72.1 Å². The maximum Gasteiger partial charge on any atom is 0.222 e. The summed E-state index contributed by atoms with van der Waals surface area (Å²) in [6.07, 6.45) is 2.71. The fraction of sp³-hybridized carbons (Fsp3) is 0.750. The van der Waals surface area contributed by atoms with Crippen LogP contribution in [0.2, 0.25) is 0 Å². The molecular weight excluding hydrogens is 248 g/mol. The lowest BCUT2D eigenvalue weighted by Gasteiger charge is -2.20. The molecule has 1 saturated heterocycles. The third-order valence-electron chi connectivity index (χ3n) is 3.72. The zero-order valence-electron chi connectivity index (χ0n) is 10.9. The van der Waals surface area contributed by atoms with Crippen LogP contribution >= 0.6 is 11.5 Å². The molecule has 0 spiro atoms. The second-order valence-electron chi connectivity index (χ2n) is 5.23. The van der Waals surface area contributed by atoms with Crippen LogP contribution in [0.1, 0.15) is 38.8 Å². The average Bonchev–Trinajstić information content (AvgIpc) is 2.62. The van der Waals surface area contributed by atoms with E-state index in [1.54, 1.807) is 0 Å². The number of carbonyl (C=O) groups excluding carboxylic acids is 1. The number of hydrogen-bond acceptors (Lipinski definition) is 5. The standard InChI is InChI=1S/C12H20N4OS/c1-8(2)9-3-4-11(17)16(6-5-9)7-10-12(13)18-15-14-10/h8-9H,3-7,13H2,1-2H3. The molecule has 1 aromatic heterocycles. The molecule has 1 amide bonds. The Kier molecular flexibility index (Phi) is 4.16. The molecule has 2 rings (SSSR count). The summed E-state index contributed by atoms with van der Waals surface area (Å²) in [5.74, 6) is 1.50. The van der Waals surface area contributed by atoms with Gasteiger partial charge in [0, 0.05) is 24.5 Å². The van der Waals surface area contributed by atoms with Crippen molar-refractivity contribution < 1.29 is 4.79 Å². The molecule has 1 aliphatic rings. The van der Waals surface area contributed by atoms with E-state index in [2.05, 4.69) is 23.4 Å². The highest BCUT2D eigenvalue weighted by Gasteiger charge is 2.25. The molecule has 2 N–H and O–H groups in total. The molecule has 0 saturated carbocycles. The van der Waals surface area contributed by atoms with Crippen LogP contribution in [0.15, 0.2) is 0 Å². The lowest BCUT2D eigenvalue weighted by atomic mass is 9.89. The van der Waals surface area contributed by atoms with Gasteiger partial charge in [0.1, 0.15) is 10.7 Å². The van der Waals surface area contributed by atoms with Gasteiger partial charge in [-0.2, -0.15) is 0 Å². The zero-order valence-corrected chi connectivity index (χ0v) is 11.7. The fourth-order valence-electron chi connectivity index (χ4n) is 2.40. The monoisotopic (exact) mass is 268 g/mol. The van der Waals surface area contributed by atoms with Crippen molar-refractivity contribution in [3.8, 4) is 0 Å². The summed E-state index contributed by atoms with van der Waals surface area (Å²) in [6, 6.07) is 0. The van der Waals surface area contributed by atoms with Crippen molar-refractivity contribution in [2.45, 2.75) is 39.7 Å². The number of anilines is 1. The molecule has 100 valence electrons. The smallest absolute Gasteiger partial charge is 0.222 e. The van der Waals surface area contributed by atoms with Crippen molar-refractivity contribution in [3.63, 3.8) is 0 Å². The Morgan fingerprint density at radius 2 is 2.28 bits per heavy atom. The molecule has 0 radical (unpaired) electrons. The molecule has 0 aromatic carbocycles. The fourth-order valence-corrected chi connectivity index (χ4v) is 2.84. The van der Waals surface area contributed by atoms with Gasteiger partial charge in [-0.25, -0.2) is 0 Å². The number of nitrogens with zero attached hydrogens (tertiary/aromatic N) is 3.